The van der Waals surface area contributed by atoms with Gasteiger partial charge < -0.3 is 0 Å². The molecule has 0 radical (unpaired) electrons. The van der Waals surface area contributed by atoms with Gasteiger partial charge in [0.1, 0.15) is 0 Å². The van der Waals surface area contributed by atoms with Crippen molar-refractivity contribution >= 4 is 0 Å². The van der Waals surface area contributed by atoms with Crippen LogP contribution >= 0.6 is 0 Å². The minimum atomic E-state index is -0.138. The monoisotopic (exact) mass is 170 g/mol. The fourth-order valence-corrected chi connectivity index (χ4v) is 1.20. The molecule has 0 aliphatic rings. The zero-order valence-electron chi connectivity index (χ0n) is 7.27. The third-order valence-electron chi connectivity index (χ3n) is 1.90. The second-order valence-corrected chi connectivity index (χ2v) is 2.79. The Bertz CT molecular complexity index is 329. The van der Waals surface area contributed by atoms with Crippen LogP contribution in [0.5, 0.6) is 0 Å². The lowest BCUT2D eigenvalue weighted by molar-refractivity contribution is 0.768. The molecule has 0 bridgehead atoms. The molecule has 1 aromatic carbocycles. The Morgan fingerprint density at radius 1 is 1.15 bits per heavy atom. The Morgan fingerprint density at radius 3 is 2.38 bits per heavy atom. The van der Waals surface area contributed by atoms with E-state index >= 15 is 0 Å². The van der Waals surface area contributed by atoms with Gasteiger partial charge in [-0.25, -0.2) is 0 Å². The second kappa shape index (κ2) is 4.95. The maximum absolute atomic E-state index is 8.85. The van der Waals surface area contributed by atoms with Crippen LogP contribution in [0, 0.1) is 22.7 Å². The molecule has 1 rings (SSSR count). The third kappa shape index (κ3) is 2.61. The van der Waals surface area contributed by atoms with E-state index in [4.69, 9.17) is 10.5 Å². The topological polar surface area (TPSA) is 47.6 Å². The van der Waals surface area contributed by atoms with Crippen molar-refractivity contribution < 1.29 is 0 Å². The number of hydrogen-bond acceptors (Lipinski definition) is 2. The largest absolute Gasteiger partial charge is 0.198 e. The van der Waals surface area contributed by atoms with Crippen molar-refractivity contribution in [1.29, 1.82) is 10.5 Å². The lowest BCUT2D eigenvalue weighted by Gasteiger charge is -2.05. The summed E-state index contributed by atoms with van der Waals surface area (Å²) in [6, 6.07) is 13.8. The summed E-state index contributed by atoms with van der Waals surface area (Å²) in [5, 5.41) is 17.2. The molecule has 0 aromatic heterocycles. The van der Waals surface area contributed by atoms with E-state index in [0.29, 0.717) is 12.8 Å². The highest BCUT2D eigenvalue weighted by Gasteiger charge is 2.08. The van der Waals surface area contributed by atoms with E-state index in [0.717, 1.165) is 5.56 Å². The van der Waals surface area contributed by atoms with Crippen molar-refractivity contribution in [1.82, 2.24) is 0 Å². The summed E-state index contributed by atoms with van der Waals surface area (Å²) in [5.74, 6) is -0.138. The molecule has 0 heterocycles. The standard InChI is InChI=1S/C11H10N2/c12-8-4-7-11(9-13)10-5-2-1-3-6-10/h1-3,5-6,11H,4,7H2/t11-/m1/s1. The summed E-state index contributed by atoms with van der Waals surface area (Å²) in [6.07, 6.45) is 1.06. The molecule has 0 saturated carbocycles. The molecule has 0 amide bonds. The number of nitrogens with zero attached hydrogens (tertiary/aromatic N) is 2. The highest BCUT2D eigenvalue weighted by molar-refractivity contribution is 5.24. The van der Waals surface area contributed by atoms with E-state index < -0.39 is 0 Å². The van der Waals surface area contributed by atoms with Crippen molar-refractivity contribution in [3.05, 3.63) is 35.9 Å². The lowest BCUT2D eigenvalue weighted by atomic mass is 9.96. The van der Waals surface area contributed by atoms with Gasteiger partial charge in [0.25, 0.3) is 0 Å². The minimum Gasteiger partial charge on any atom is -0.198 e. The van der Waals surface area contributed by atoms with Crippen LogP contribution in [0.2, 0.25) is 0 Å². The highest BCUT2D eigenvalue weighted by Crippen LogP contribution is 2.19. The number of benzene rings is 1. The van der Waals surface area contributed by atoms with E-state index in [1.165, 1.54) is 0 Å². The molecule has 0 N–H and O–H groups in total. The first-order valence-electron chi connectivity index (χ1n) is 4.20. The smallest absolute Gasteiger partial charge is 0.0722 e. The molecule has 13 heavy (non-hydrogen) atoms. The van der Waals surface area contributed by atoms with Crippen LogP contribution in [0.4, 0.5) is 0 Å². The fraction of sp³-hybridized carbons (Fsp3) is 0.273. The van der Waals surface area contributed by atoms with Gasteiger partial charge in [-0.05, 0) is 12.0 Å². The molecule has 2 heteroatoms. The average molecular weight is 170 g/mol. The van der Waals surface area contributed by atoms with E-state index in [1.54, 1.807) is 0 Å². The maximum Gasteiger partial charge on any atom is 0.0722 e. The highest BCUT2D eigenvalue weighted by atomic mass is 14.3. The molecule has 0 fully saturated rings. The molecule has 1 aromatic rings. The van der Waals surface area contributed by atoms with Gasteiger partial charge in [0.2, 0.25) is 0 Å². The molecule has 0 aliphatic heterocycles. The predicted octanol–water partition coefficient (Wildman–Crippen LogP) is 2.60. The van der Waals surface area contributed by atoms with Crippen molar-refractivity contribution in [3.63, 3.8) is 0 Å². The molecule has 0 aliphatic carbocycles. The average Bonchev–Trinajstić information content (AvgIpc) is 2.21. The van der Waals surface area contributed by atoms with Gasteiger partial charge >= 0.3 is 0 Å². The van der Waals surface area contributed by atoms with Crippen LogP contribution in [-0.4, -0.2) is 0 Å². The SMILES string of the molecule is N#CCC[C@H](C#N)c1ccccc1. The van der Waals surface area contributed by atoms with Crippen LogP contribution in [0.1, 0.15) is 24.3 Å². The first kappa shape index (κ1) is 9.29. The van der Waals surface area contributed by atoms with Crippen molar-refractivity contribution in [2.45, 2.75) is 18.8 Å². The van der Waals surface area contributed by atoms with Gasteiger partial charge in [-0.1, -0.05) is 30.3 Å². The number of rotatable bonds is 3. The summed E-state index contributed by atoms with van der Waals surface area (Å²) in [7, 11) is 0. The quantitative estimate of drug-likeness (QED) is 0.700. The van der Waals surface area contributed by atoms with E-state index in [1.807, 2.05) is 30.3 Å². The lowest BCUT2D eigenvalue weighted by Crippen LogP contribution is -1.94. The van der Waals surface area contributed by atoms with Crippen LogP contribution in [0.3, 0.4) is 0 Å². The van der Waals surface area contributed by atoms with E-state index in [2.05, 4.69) is 12.1 Å². The first-order chi connectivity index (χ1) is 6.38. The minimum absolute atomic E-state index is 0.138. The van der Waals surface area contributed by atoms with Gasteiger partial charge in [-0.3, -0.25) is 0 Å². The van der Waals surface area contributed by atoms with E-state index in [-0.39, 0.29) is 5.92 Å². The number of hydrogen-bond donors (Lipinski definition) is 0. The van der Waals surface area contributed by atoms with Crippen LogP contribution in [-0.2, 0) is 0 Å². The molecule has 64 valence electrons. The molecule has 0 saturated heterocycles. The van der Waals surface area contributed by atoms with Crippen LogP contribution in [0.15, 0.2) is 30.3 Å². The summed E-state index contributed by atoms with van der Waals surface area (Å²) >= 11 is 0. The molecule has 0 unspecified atom stereocenters. The summed E-state index contributed by atoms with van der Waals surface area (Å²) in [5.41, 5.74) is 1.00. The number of nitriles is 2. The van der Waals surface area contributed by atoms with Gasteiger partial charge in [-0.15, -0.1) is 0 Å². The van der Waals surface area contributed by atoms with Gasteiger partial charge in [0.15, 0.2) is 0 Å². The van der Waals surface area contributed by atoms with Crippen molar-refractivity contribution in [2.75, 3.05) is 0 Å². The Morgan fingerprint density at radius 2 is 1.85 bits per heavy atom. The van der Waals surface area contributed by atoms with Crippen molar-refractivity contribution in [3.8, 4) is 12.1 Å². The third-order valence-corrected chi connectivity index (χ3v) is 1.90. The Kier molecular flexibility index (Phi) is 3.54. The van der Waals surface area contributed by atoms with Gasteiger partial charge in [-0.2, -0.15) is 10.5 Å². The zero-order valence-corrected chi connectivity index (χ0v) is 7.27. The normalized spacial score (nSPS) is 11.2. The van der Waals surface area contributed by atoms with Crippen LogP contribution in [0.25, 0.3) is 0 Å². The van der Waals surface area contributed by atoms with Gasteiger partial charge in [0.05, 0.1) is 18.1 Å². The molecule has 1 atom stereocenters. The van der Waals surface area contributed by atoms with Crippen molar-refractivity contribution in [2.24, 2.45) is 0 Å². The van der Waals surface area contributed by atoms with Gasteiger partial charge in [0, 0.05) is 6.42 Å². The van der Waals surface area contributed by atoms with Crippen LogP contribution < -0.4 is 0 Å². The molecular weight excluding hydrogens is 160 g/mol. The predicted molar refractivity (Wildman–Crippen MR) is 49.6 cm³/mol. The van der Waals surface area contributed by atoms with E-state index in [9.17, 15) is 0 Å². The zero-order chi connectivity index (χ0) is 9.52. The molecule has 0 spiro atoms. The Balaban J connectivity index is 2.70. The fourth-order valence-electron chi connectivity index (χ4n) is 1.20. The summed E-state index contributed by atoms with van der Waals surface area (Å²) in [6.45, 7) is 0. The first-order valence-corrected chi connectivity index (χ1v) is 4.20. The Hall–Kier alpha value is -1.80. The maximum atomic E-state index is 8.85. The summed E-state index contributed by atoms with van der Waals surface area (Å²) < 4.78 is 0. The second-order valence-electron chi connectivity index (χ2n) is 2.79. The molecule has 2 nitrogen and oxygen atoms in total. The molecular formula is C11H10N2. The Labute approximate surface area is 78.0 Å². The summed E-state index contributed by atoms with van der Waals surface area (Å²) in [4.78, 5) is 0.